The summed E-state index contributed by atoms with van der Waals surface area (Å²) in [7, 11) is 0. The lowest BCUT2D eigenvalue weighted by molar-refractivity contribution is -0.384. The molecule has 212 valence electrons. The Hall–Kier alpha value is -4.16. The standard InChI is InChI=1S/C22H16Cl2N8O7S2/c23-13-9-11(1-3-15(13)31(35)36)19(33)25-21-29-27-17(40-21)5-7-39-8-6-18-28-30-22(41-18)26-20(34)12-2-4-16(32(37)38)14(24)10-12/h1-4,9-10H,5-8H2,(H,25,29,33)(H,26,30,34). The van der Waals surface area contributed by atoms with Gasteiger partial charge in [0, 0.05) is 36.1 Å². The summed E-state index contributed by atoms with van der Waals surface area (Å²) in [6.45, 7) is 0.647. The van der Waals surface area contributed by atoms with Crippen LogP contribution in [-0.4, -0.2) is 55.3 Å². The van der Waals surface area contributed by atoms with Crippen LogP contribution in [0.5, 0.6) is 0 Å². The molecule has 2 amide bonds. The number of halogens is 2. The lowest BCUT2D eigenvalue weighted by Gasteiger charge is -2.02. The van der Waals surface area contributed by atoms with E-state index in [0.717, 1.165) is 34.8 Å². The summed E-state index contributed by atoms with van der Waals surface area (Å²) < 4.78 is 5.61. The van der Waals surface area contributed by atoms with Gasteiger partial charge in [0.25, 0.3) is 23.2 Å². The lowest BCUT2D eigenvalue weighted by Crippen LogP contribution is -2.11. The number of ether oxygens (including phenoxy) is 1. The van der Waals surface area contributed by atoms with E-state index in [1.165, 1.54) is 24.3 Å². The van der Waals surface area contributed by atoms with Crippen molar-refractivity contribution in [1.82, 2.24) is 20.4 Å². The van der Waals surface area contributed by atoms with Crippen LogP contribution in [0.25, 0.3) is 0 Å². The number of aromatic nitrogens is 4. The Kier molecular flexibility index (Phi) is 9.79. The fourth-order valence-corrected chi connectivity index (χ4v) is 5.09. The maximum absolute atomic E-state index is 12.4. The summed E-state index contributed by atoms with van der Waals surface area (Å²) in [4.78, 5) is 45.2. The molecule has 15 nitrogen and oxygen atoms in total. The minimum Gasteiger partial charge on any atom is -0.381 e. The van der Waals surface area contributed by atoms with Gasteiger partial charge in [-0.3, -0.25) is 40.5 Å². The predicted molar refractivity (Wildman–Crippen MR) is 150 cm³/mol. The van der Waals surface area contributed by atoms with Gasteiger partial charge in [0.05, 0.1) is 23.1 Å². The van der Waals surface area contributed by atoms with Crippen LogP contribution in [0.1, 0.15) is 30.7 Å². The molecule has 0 aliphatic heterocycles. The SMILES string of the molecule is O=C(Nc1nnc(CCOCCc2nnc(NC(=O)c3ccc([N+](=O)[O-])c(Cl)c3)s2)s1)c1ccc([N+](=O)[O-])c(Cl)c1. The summed E-state index contributed by atoms with van der Waals surface area (Å²) in [5, 5.41) is 44.1. The van der Waals surface area contributed by atoms with E-state index in [9.17, 15) is 29.8 Å². The first kappa shape index (κ1) is 29.8. The number of carbonyl (C=O) groups excluding carboxylic acids is 2. The Morgan fingerprint density at radius 3 is 1.54 bits per heavy atom. The van der Waals surface area contributed by atoms with E-state index in [0.29, 0.717) is 36.1 Å². The molecule has 0 aliphatic rings. The Morgan fingerprint density at radius 1 is 0.756 bits per heavy atom. The van der Waals surface area contributed by atoms with Crippen molar-refractivity contribution in [3.05, 3.63) is 87.8 Å². The molecule has 0 fully saturated rings. The van der Waals surface area contributed by atoms with Crippen LogP contribution < -0.4 is 10.6 Å². The van der Waals surface area contributed by atoms with Crippen molar-refractivity contribution in [3.8, 4) is 0 Å². The number of nitro benzene ring substituents is 2. The van der Waals surface area contributed by atoms with E-state index in [2.05, 4.69) is 31.0 Å². The van der Waals surface area contributed by atoms with Crippen LogP contribution in [0.2, 0.25) is 10.0 Å². The lowest BCUT2D eigenvalue weighted by atomic mass is 10.2. The fourth-order valence-electron chi connectivity index (χ4n) is 3.16. The van der Waals surface area contributed by atoms with Crippen molar-refractivity contribution >= 4 is 79.3 Å². The monoisotopic (exact) mass is 638 g/mol. The molecule has 41 heavy (non-hydrogen) atoms. The third-order valence-electron chi connectivity index (χ3n) is 5.11. The van der Waals surface area contributed by atoms with Gasteiger partial charge in [0.2, 0.25) is 10.3 Å². The van der Waals surface area contributed by atoms with E-state index < -0.39 is 21.7 Å². The number of rotatable bonds is 12. The van der Waals surface area contributed by atoms with Gasteiger partial charge in [-0.1, -0.05) is 45.9 Å². The van der Waals surface area contributed by atoms with E-state index in [1.807, 2.05) is 0 Å². The first-order valence-corrected chi connectivity index (χ1v) is 13.7. The molecule has 19 heteroatoms. The van der Waals surface area contributed by atoms with Crippen LogP contribution in [0.3, 0.4) is 0 Å². The molecule has 0 radical (unpaired) electrons. The third-order valence-corrected chi connectivity index (χ3v) is 7.51. The topological polar surface area (TPSA) is 205 Å². The average Bonchev–Trinajstić information content (AvgIpc) is 3.57. The van der Waals surface area contributed by atoms with Crippen LogP contribution >= 0.6 is 45.9 Å². The first-order valence-electron chi connectivity index (χ1n) is 11.3. The highest BCUT2D eigenvalue weighted by atomic mass is 35.5. The van der Waals surface area contributed by atoms with E-state index in [4.69, 9.17) is 27.9 Å². The van der Waals surface area contributed by atoms with E-state index in [1.54, 1.807) is 0 Å². The van der Waals surface area contributed by atoms with Crippen LogP contribution in [0.4, 0.5) is 21.6 Å². The van der Waals surface area contributed by atoms with Crippen molar-refractivity contribution in [2.24, 2.45) is 0 Å². The molecule has 0 saturated carbocycles. The number of nitrogens with one attached hydrogen (secondary N) is 2. The fraction of sp³-hybridized carbons (Fsp3) is 0.182. The molecule has 2 aromatic carbocycles. The quantitative estimate of drug-likeness (QED) is 0.122. The molecule has 0 spiro atoms. The van der Waals surface area contributed by atoms with Crippen LogP contribution in [-0.2, 0) is 17.6 Å². The van der Waals surface area contributed by atoms with Gasteiger partial charge in [-0.15, -0.1) is 20.4 Å². The molecule has 0 unspecified atom stereocenters. The first-order chi connectivity index (χ1) is 19.6. The van der Waals surface area contributed by atoms with Crippen LogP contribution in [0.15, 0.2) is 36.4 Å². The second-order valence-electron chi connectivity index (χ2n) is 7.87. The predicted octanol–water partition coefficient (Wildman–Crippen LogP) is 4.82. The van der Waals surface area contributed by atoms with Gasteiger partial charge < -0.3 is 4.74 Å². The summed E-state index contributed by atoms with van der Waals surface area (Å²) in [5.41, 5.74) is -0.331. The summed E-state index contributed by atoms with van der Waals surface area (Å²) in [6, 6.07) is 7.29. The molecule has 0 atom stereocenters. The molecule has 4 aromatic rings. The average molecular weight is 639 g/mol. The van der Waals surface area contributed by atoms with Gasteiger partial charge in [-0.2, -0.15) is 0 Å². The number of amides is 2. The smallest absolute Gasteiger partial charge is 0.287 e. The zero-order chi connectivity index (χ0) is 29.5. The number of carbonyl (C=O) groups is 2. The van der Waals surface area contributed by atoms with Gasteiger partial charge in [0.15, 0.2) is 0 Å². The second-order valence-corrected chi connectivity index (χ2v) is 10.8. The highest BCUT2D eigenvalue weighted by Gasteiger charge is 2.18. The third kappa shape index (κ3) is 7.95. The van der Waals surface area contributed by atoms with Gasteiger partial charge in [-0.05, 0) is 24.3 Å². The number of nitrogens with zero attached hydrogens (tertiary/aromatic N) is 6. The maximum Gasteiger partial charge on any atom is 0.287 e. The Bertz CT molecular complexity index is 1510. The Morgan fingerprint density at radius 2 is 1.17 bits per heavy atom. The zero-order valence-electron chi connectivity index (χ0n) is 20.4. The molecule has 0 bridgehead atoms. The molecule has 2 N–H and O–H groups in total. The van der Waals surface area contributed by atoms with Crippen molar-refractivity contribution in [1.29, 1.82) is 0 Å². The molecule has 0 saturated heterocycles. The van der Waals surface area contributed by atoms with Crippen molar-refractivity contribution in [2.75, 3.05) is 23.8 Å². The minimum atomic E-state index is -0.641. The highest BCUT2D eigenvalue weighted by Crippen LogP contribution is 2.27. The second kappa shape index (κ2) is 13.5. The maximum atomic E-state index is 12.4. The van der Waals surface area contributed by atoms with Crippen molar-refractivity contribution < 1.29 is 24.2 Å². The highest BCUT2D eigenvalue weighted by molar-refractivity contribution is 7.15. The zero-order valence-corrected chi connectivity index (χ0v) is 23.6. The molecular formula is C22H16Cl2N8O7S2. The molecular weight excluding hydrogens is 623 g/mol. The Balaban J connectivity index is 1.18. The van der Waals surface area contributed by atoms with E-state index in [-0.39, 0.29) is 42.8 Å². The van der Waals surface area contributed by atoms with Crippen LogP contribution in [0, 0.1) is 20.2 Å². The molecule has 4 rings (SSSR count). The Labute approximate surface area is 247 Å². The number of nitro groups is 2. The molecule has 2 heterocycles. The summed E-state index contributed by atoms with van der Waals surface area (Å²) in [5.74, 6) is -1.07. The minimum absolute atomic E-state index is 0.135. The summed E-state index contributed by atoms with van der Waals surface area (Å²) >= 11 is 14.0. The largest absolute Gasteiger partial charge is 0.381 e. The number of hydrogen-bond acceptors (Lipinski definition) is 13. The normalized spacial score (nSPS) is 10.8. The van der Waals surface area contributed by atoms with Gasteiger partial charge >= 0.3 is 0 Å². The van der Waals surface area contributed by atoms with Crippen molar-refractivity contribution in [2.45, 2.75) is 12.8 Å². The number of hydrogen-bond donors (Lipinski definition) is 2. The number of benzene rings is 2. The van der Waals surface area contributed by atoms with Crippen molar-refractivity contribution in [3.63, 3.8) is 0 Å². The van der Waals surface area contributed by atoms with Gasteiger partial charge in [0.1, 0.15) is 20.1 Å². The molecule has 2 aromatic heterocycles. The van der Waals surface area contributed by atoms with Gasteiger partial charge in [-0.25, -0.2) is 0 Å². The van der Waals surface area contributed by atoms with E-state index >= 15 is 0 Å². The summed E-state index contributed by atoms with van der Waals surface area (Å²) in [6.07, 6.45) is 0.873. The molecule has 0 aliphatic carbocycles. The number of anilines is 2.